The fraction of sp³-hybridized carbons (Fsp3) is 0.731. The molecule has 11 nitrogen and oxygen atoms in total. The van der Waals surface area contributed by atoms with Crippen LogP contribution in [0.1, 0.15) is 83.6 Å². The molecular weight excluding hydrogens is 504 g/mol. The van der Waals surface area contributed by atoms with Crippen LogP contribution in [0.3, 0.4) is 0 Å². The highest BCUT2D eigenvalue weighted by atomic mass is 35.5. The normalized spacial score (nSPS) is 18.3. The van der Waals surface area contributed by atoms with Crippen molar-refractivity contribution in [3.05, 3.63) is 23.5 Å². The van der Waals surface area contributed by atoms with E-state index < -0.39 is 0 Å². The number of hydrogen-bond acceptors (Lipinski definition) is 9. The summed E-state index contributed by atoms with van der Waals surface area (Å²) < 4.78 is 9.71. The molecule has 0 radical (unpaired) electrons. The van der Waals surface area contributed by atoms with E-state index in [9.17, 15) is 0 Å². The second kappa shape index (κ2) is 15.3. The molecule has 0 spiro atoms. The van der Waals surface area contributed by atoms with Crippen LogP contribution in [0.5, 0.6) is 0 Å². The quantitative estimate of drug-likeness (QED) is 0.225. The zero-order chi connectivity index (χ0) is 26.6. The highest BCUT2D eigenvalue weighted by Crippen LogP contribution is 2.28. The summed E-state index contributed by atoms with van der Waals surface area (Å²) in [5, 5.41) is 19.2. The maximum absolute atomic E-state index is 6.23. The van der Waals surface area contributed by atoms with Gasteiger partial charge in [0.15, 0.2) is 17.0 Å². The van der Waals surface area contributed by atoms with Gasteiger partial charge in [0.25, 0.3) is 0 Å². The topological polar surface area (TPSA) is 120 Å². The van der Waals surface area contributed by atoms with Crippen LogP contribution in [0.25, 0.3) is 11.2 Å². The average Bonchev–Trinajstić information content (AvgIpc) is 3.60. The van der Waals surface area contributed by atoms with Gasteiger partial charge in [-0.25, -0.2) is 4.98 Å². The van der Waals surface area contributed by atoms with Crippen molar-refractivity contribution in [1.82, 2.24) is 45.1 Å². The largest absolute Gasteiger partial charge is 0.362 e. The van der Waals surface area contributed by atoms with Crippen molar-refractivity contribution in [3.8, 4) is 0 Å². The molecule has 38 heavy (non-hydrogen) atoms. The molecule has 0 amide bonds. The Morgan fingerprint density at radius 2 is 1.87 bits per heavy atom. The van der Waals surface area contributed by atoms with E-state index in [1.165, 1.54) is 32.1 Å². The molecule has 1 aliphatic heterocycles. The molecule has 5 rings (SSSR count). The molecule has 1 atom stereocenters. The first-order valence-corrected chi connectivity index (χ1v) is 14.7. The second-order valence-electron chi connectivity index (χ2n) is 9.71. The first-order valence-electron chi connectivity index (χ1n) is 14.3. The lowest BCUT2D eigenvalue weighted by Gasteiger charge is -2.23. The molecule has 2 aliphatic rings. The molecule has 210 valence electrons. The molecule has 1 unspecified atom stereocenters. The molecule has 3 aromatic heterocycles. The zero-order valence-electron chi connectivity index (χ0n) is 22.8. The number of ether oxygens (including phenoxy) is 1. The number of fused-ring (bicyclic) bond motifs is 1. The minimum Gasteiger partial charge on any atom is -0.362 e. The van der Waals surface area contributed by atoms with E-state index in [2.05, 4.69) is 41.2 Å². The number of imidazole rings is 1. The number of anilines is 1. The Balaban J connectivity index is 0.00000164. The van der Waals surface area contributed by atoms with Gasteiger partial charge < -0.3 is 20.7 Å². The zero-order valence-corrected chi connectivity index (χ0v) is 23.6. The molecule has 2 fully saturated rings. The van der Waals surface area contributed by atoms with Gasteiger partial charge in [-0.1, -0.05) is 38.3 Å². The van der Waals surface area contributed by atoms with Gasteiger partial charge in [-0.05, 0) is 63.2 Å². The van der Waals surface area contributed by atoms with E-state index in [1.807, 2.05) is 29.3 Å². The first kappa shape index (κ1) is 28.7. The van der Waals surface area contributed by atoms with Crippen molar-refractivity contribution in [2.24, 2.45) is 0 Å². The summed E-state index contributed by atoms with van der Waals surface area (Å²) >= 11 is 6.23. The Morgan fingerprint density at radius 3 is 2.68 bits per heavy atom. The van der Waals surface area contributed by atoms with Crippen LogP contribution < -0.4 is 16.0 Å². The highest BCUT2D eigenvalue weighted by molar-refractivity contribution is 6.28. The Labute approximate surface area is 230 Å². The molecule has 1 saturated heterocycles. The maximum atomic E-state index is 6.23. The van der Waals surface area contributed by atoms with Gasteiger partial charge in [-0.2, -0.15) is 9.97 Å². The lowest BCUT2D eigenvalue weighted by atomic mass is 9.95. The number of aromatic nitrogens is 7. The fourth-order valence-electron chi connectivity index (χ4n) is 5.02. The van der Waals surface area contributed by atoms with Crippen LogP contribution in [0.4, 0.5) is 5.82 Å². The smallest absolute Gasteiger partial charge is 0.226 e. The third-order valence-electron chi connectivity index (χ3n) is 6.97. The van der Waals surface area contributed by atoms with Crippen molar-refractivity contribution in [2.75, 3.05) is 31.6 Å². The van der Waals surface area contributed by atoms with Gasteiger partial charge in [-0.3, -0.25) is 9.25 Å². The summed E-state index contributed by atoms with van der Waals surface area (Å²) in [6.07, 6.45) is 14.8. The summed E-state index contributed by atoms with van der Waals surface area (Å²) in [5.74, 6) is 0.581. The third-order valence-corrected chi connectivity index (χ3v) is 7.14. The number of nitrogens with one attached hydrogen (secondary N) is 3. The molecular formula is C26H43ClN10O. The first-order chi connectivity index (χ1) is 18.8. The van der Waals surface area contributed by atoms with Crippen LogP contribution in [0.15, 0.2) is 12.5 Å². The Morgan fingerprint density at radius 1 is 1.03 bits per heavy atom. The van der Waals surface area contributed by atoms with Crippen molar-refractivity contribution >= 4 is 28.6 Å². The second-order valence-corrected chi connectivity index (χ2v) is 10.0. The Hall–Kier alpha value is -2.34. The minimum absolute atomic E-state index is 0.0655. The van der Waals surface area contributed by atoms with Crippen molar-refractivity contribution in [2.45, 2.75) is 97.0 Å². The van der Waals surface area contributed by atoms with Crippen molar-refractivity contribution in [3.63, 3.8) is 0 Å². The lowest BCUT2D eigenvalue weighted by molar-refractivity contribution is -0.0298. The van der Waals surface area contributed by atoms with Crippen LogP contribution in [-0.4, -0.2) is 66.8 Å². The predicted octanol–water partition coefficient (Wildman–Crippen LogP) is 4.31. The Kier molecular flexibility index (Phi) is 11.5. The van der Waals surface area contributed by atoms with Crippen LogP contribution in [0, 0.1) is 0 Å². The summed E-state index contributed by atoms with van der Waals surface area (Å²) in [5.41, 5.74) is 2.17. The molecule has 1 saturated carbocycles. The van der Waals surface area contributed by atoms with Crippen LogP contribution in [0.2, 0.25) is 5.28 Å². The summed E-state index contributed by atoms with van der Waals surface area (Å²) in [6, 6.07) is 0.733. The van der Waals surface area contributed by atoms with Gasteiger partial charge in [0.05, 0.1) is 25.6 Å². The monoisotopic (exact) mass is 546 g/mol. The van der Waals surface area contributed by atoms with Gasteiger partial charge in [0.1, 0.15) is 11.9 Å². The molecule has 0 bridgehead atoms. The Bertz CT molecular complexity index is 1090. The predicted molar refractivity (Wildman–Crippen MR) is 150 cm³/mol. The molecule has 3 aromatic rings. The minimum atomic E-state index is -0.0655. The fourth-order valence-corrected chi connectivity index (χ4v) is 5.18. The van der Waals surface area contributed by atoms with E-state index in [4.69, 9.17) is 16.3 Å². The molecule has 0 aromatic carbocycles. The molecule has 4 heterocycles. The van der Waals surface area contributed by atoms with Gasteiger partial charge >= 0.3 is 0 Å². The highest BCUT2D eigenvalue weighted by Gasteiger charge is 2.21. The van der Waals surface area contributed by atoms with Gasteiger partial charge in [-0.15, -0.1) is 5.10 Å². The van der Waals surface area contributed by atoms with E-state index in [0.29, 0.717) is 23.5 Å². The summed E-state index contributed by atoms with van der Waals surface area (Å²) in [6.45, 7) is 8.95. The standard InChI is InChI=1S/C24H37ClN10O.C2H6/c25-24-30-22(21-23(31-24)35(17-29-21)20-9-4-5-14-36-20)28-15-19-16-34(33-32-19)13-12-26-10-6-11-27-18-7-2-1-3-8-18;1-2/h16-18,20,26-27H,1-15H2,(H,28,30,31);1-2H3. The number of halogens is 1. The SMILES string of the molecule is CC.Clc1nc(NCc2cn(CCNCCCNC3CCCCC3)nn2)c2ncn(C3CCCCO3)c2n1. The summed E-state index contributed by atoms with van der Waals surface area (Å²) in [7, 11) is 0. The van der Waals surface area contributed by atoms with Crippen LogP contribution in [-0.2, 0) is 17.8 Å². The number of nitrogens with zero attached hydrogens (tertiary/aromatic N) is 7. The van der Waals surface area contributed by atoms with E-state index in [-0.39, 0.29) is 11.5 Å². The maximum Gasteiger partial charge on any atom is 0.226 e. The van der Waals surface area contributed by atoms with Crippen LogP contribution >= 0.6 is 11.6 Å². The summed E-state index contributed by atoms with van der Waals surface area (Å²) in [4.78, 5) is 13.3. The average molecular weight is 547 g/mol. The molecule has 1 aliphatic carbocycles. The van der Waals surface area contributed by atoms with Gasteiger partial charge in [0.2, 0.25) is 5.28 Å². The van der Waals surface area contributed by atoms with E-state index in [1.54, 1.807) is 6.33 Å². The van der Waals surface area contributed by atoms with Gasteiger partial charge in [0, 0.05) is 19.2 Å². The van der Waals surface area contributed by atoms with Crippen molar-refractivity contribution < 1.29 is 4.74 Å². The van der Waals surface area contributed by atoms with E-state index >= 15 is 0 Å². The number of rotatable bonds is 12. The van der Waals surface area contributed by atoms with E-state index in [0.717, 1.165) is 70.2 Å². The van der Waals surface area contributed by atoms with Crippen molar-refractivity contribution in [1.29, 1.82) is 0 Å². The molecule has 12 heteroatoms. The number of hydrogen-bond donors (Lipinski definition) is 3. The molecule has 3 N–H and O–H groups in total. The lowest BCUT2D eigenvalue weighted by Crippen LogP contribution is -2.33. The third kappa shape index (κ3) is 8.08.